The second kappa shape index (κ2) is 5.01. The molecule has 1 N–H and O–H groups in total. The van der Waals surface area contributed by atoms with E-state index in [1.54, 1.807) is 23.7 Å². The highest BCUT2D eigenvalue weighted by atomic mass is 19.1. The van der Waals surface area contributed by atoms with E-state index in [1.807, 2.05) is 0 Å². The second-order valence-electron chi connectivity index (χ2n) is 4.75. The number of benzene rings is 2. The predicted octanol–water partition coefficient (Wildman–Crippen LogP) is 3.71. The lowest BCUT2D eigenvalue weighted by Gasteiger charge is -2.06. The maximum absolute atomic E-state index is 13.3. The van der Waals surface area contributed by atoms with Crippen LogP contribution in [0.1, 0.15) is 10.5 Å². The molecule has 21 heavy (non-hydrogen) atoms. The number of carbonyl (C=O) groups is 1. The van der Waals surface area contributed by atoms with Gasteiger partial charge < -0.3 is 9.88 Å². The molecule has 0 radical (unpaired) electrons. The van der Waals surface area contributed by atoms with Gasteiger partial charge in [0.25, 0.3) is 5.91 Å². The van der Waals surface area contributed by atoms with Gasteiger partial charge in [-0.05, 0) is 48.5 Å². The van der Waals surface area contributed by atoms with Crippen molar-refractivity contribution >= 4 is 22.5 Å². The Labute approximate surface area is 119 Å². The Bertz CT molecular complexity index is 822. The van der Waals surface area contributed by atoms with Crippen LogP contribution in [0.2, 0.25) is 0 Å². The Hall–Kier alpha value is -2.69. The van der Waals surface area contributed by atoms with Crippen molar-refractivity contribution in [2.75, 3.05) is 5.32 Å². The van der Waals surface area contributed by atoms with E-state index in [1.165, 1.54) is 36.4 Å². The third kappa shape index (κ3) is 2.50. The lowest BCUT2D eigenvalue weighted by molar-refractivity contribution is 0.101. The van der Waals surface area contributed by atoms with Gasteiger partial charge in [0.1, 0.15) is 17.3 Å². The Morgan fingerprint density at radius 3 is 2.38 bits per heavy atom. The van der Waals surface area contributed by atoms with Crippen molar-refractivity contribution in [3.8, 4) is 0 Å². The van der Waals surface area contributed by atoms with Crippen LogP contribution >= 0.6 is 0 Å². The van der Waals surface area contributed by atoms with Crippen molar-refractivity contribution < 1.29 is 13.6 Å². The molecule has 0 spiro atoms. The molecule has 3 nitrogen and oxygen atoms in total. The normalized spacial score (nSPS) is 10.8. The van der Waals surface area contributed by atoms with E-state index in [2.05, 4.69) is 5.32 Å². The number of rotatable bonds is 2. The van der Waals surface area contributed by atoms with Gasteiger partial charge in [0.05, 0.1) is 5.52 Å². The summed E-state index contributed by atoms with van der Waals surface area (Å²) in [6, 6.07) is 11.5. The lowest BCUT2D eigenvalue weighted by Crippen LogP contribution is -2.15. The van der Waals surface area contributed by atoms with E-state index in [4.69, 9.17) is 0 Å². The first-order chi connectivity index (χ1) is 10.0. The molecule has 1 amide bonds. The van der Waals surface area contributed by atoms with Crippen LogP contribution in [0.4, 0.5) is 14.5 Å². The molecule has 0 unspecified atom stereocenters. The molecule has 1 aromatic heterocycles. The summed E-state index contributed by atoms with van der Waals surface area (Å²) in [4.78, 5) is 12.3. The van der Waals surface area contributed by atoms with Crippen LogP contribution < -0.4 is 5.32 Å². The molecule has 2 aromatic carbocycles. The van der Waals surface area contributed by atoms with E-state index in [0.717, 1.165) is 5.39 Å². The SMILES string of the molecule is Cn1c(C(=O)Nc2ccc(F)cc2)cc2ccc(F)cc21. The van der Waals surface area contributed by atoms with E-state index < -0.39 is 0 Å². The summed E-state index contributed by atoms with van der Waals surface area (Å²) >= 11 is 0. The summed E-state index contributed by atoms with van der Waals surface area (Å²) in [7, 11) is 1.70. The number of amides is 1. The largest absolute Gasteiger partial charge is 0.340 e. The van der Waals surface area contributed by atoms with Crippen molar-refractivity contribution in [2.45, 2.75) is 0 Å². The van der Waals surface area contributed by atoms with Crippen molar-refractivity contribution in [2.24, 2.45) is 7.05 Å². The van der Waals surface area contributed by atoms with Crippen molar-refractivity contribution in [3.63, 3.8) is 0 Å². The van der Waals surface area contributed by atoms with Gasteiger partial charge >= 0.3 is 0 Å². The van der Waals surface area contributed by atoms with Crippen LogP contribution in [-0.2, 0) is 7.05 Å². The second-order valence-corrected chi connectivity index (χ2v) is 4.75. The number of nitrogens with zero attached hydrogens (tertiary/aromatic N) is 1. The first kappa shape index (κ1) is 13.3. The fourth-order valence-corrected chi connectivity index (χ4v) is 2.25. The molecule has 0 saturated heterocycles. The zero-order chi connectivity index (χ0) is 15.0. The summed E-state index contributed by atoms with van der Waals surface area (Å²) in [6.45, 7) is 0. The zero-order valence-corrected chi connectivity index (χ0v) is 11.2. The third-order valence-electron chi connectivity index (χ3n) is 3.34. The summed E-state index contributed by atoms with van der Waals surface area (Å²) in [5.74, 6) is -1.05. The van der Waals surface area contributed by atoms with E-state index in [-0.39, 0.29) is 17.5 Å². The van der Waals surface area contributed by atoms with E-state index >= 15 is 0 Å². The van der Waals surface area contributed by atoms with E-state index in [0.29, 0.717) is 16.9 Å². The number of hydrogen-bond donors (Lipinski definition) is 1. The summed E-state index contributed by atoms with van der Waals surface area (Å²) in [5.41, 5.74) is 1.54. The van der Waals surface area contributed by atoms with Crippen LogP contribution in [0.5, 0.6) is 0 Å². The minimum Gasteiger partial charge on any atom is -0.340 e. The highest BCUT2D eigenvalue weighted by Crippen LogP contribution is 2.21. The molecule has 0 aliphatic heterocycles. The molecule has 1 heterocycles. The molecule has 0 aliphatic rings. The highest BCUT2D eigenvalue weighted by Gasteiger charge is 2.14. The number of nitrogens with one attached hydrogen (secondary N) is 1. The fraction of sp³-hybridized carbons (Fsp3) is 0.0625. The number of hydrogen-bond acceptors (Lipinski definition) is 1. The molecule has 0 fully saturated rings. The van der Waals surface area contributed by atoms with Gasteiger partial charge in [-0.3, -0.25) is 4.79 Å². The molecule has 0 atom stereocenters. The first-order valence-electron chi connectivity index (χ1n) is 6.36. The van der Waals surface area contributed by atoms with Gasteiger partial charge in [-0.25, -0.2) is 8.78 Å². The smallest absolute Gasteiger partial charge is 0.272 e. The average Bonchev–Trinajstić information content (AvgIpc) is 2.79. The van der Waals surface area contributed by atoms with Gasteiger partial charge in [-0.15, -0.1) is 0 Å². The summed E-state index contributed by atoms with van der Waals surface area (Å²) in [5, 5.41) is 3.46. The molecule has 0 aliphatic carbocycles. The Kier molecular flexibility index (Phi) is 3.17. The number of aromatic nitrogens is 1. The molecule has 0 bridgehead atoms. The minimum atomic E-state index is -0.368. The highest BCUT2D eigenvalue weighted by molar-refractivity contribution is 6.06. The number of halogens is 2. The molecule has 3 aromatic rings. The predicted molar refractivity (Wildman–Crippen MR) is 77.2 cm³/mol. The molecule has 5 heteroatoms. The Balaban J connectivity index is 1.94. The third-order valence-corrected chi connectivity index (χ3v) is 3.34. The molecular weight excluding hydrogens is 274 g/mol. The topological polar surface area (TPSA) is 34.0 Å². The van der Waals surface area contributed by atoms with Crippen LogP contribution in [0.3, 0.4) is 0 Å². The van der Waals surface area contributed by atoms with Gasteiger partial charge in [0.2, 0.25) is 0 Å². The molecular formula is C16H12F2N2O. The maximum Gasteiger partial charge on any atom is 0.272 e. The van der Waals surface area contributed by atoms with Crippen molar-refractivity contribution in [3.05, 3.63) is 65.9 Å². The number of fused-ring (bicyclic) bond motifs is 1. The van der Waals surface area contributed by atoms with Gasteiger partial charge in [-0.2, -0.15) is 0 Å². The Morgan fingerprint density at radius 2 is 1.67 bits per heavy atom. The van der Waals surface area contributed by atoms with Crippen LogP contribution in [0.25, 0.3) is 10.9 Å². The average molecular weight is 286 g/mol. The number of carbonyl (C=O) groups excluding carboxylic acids is 1. The van der Waals surface area contributed by atoms with Crippen LogP contribution in [0, 0.1) is 11.6 Å². The maximum atomic E-state index is 13.3. The van der Waals surface area contributed by atoms with Gasteiger partial charge in [0, 0.05) is 18.1 Å². The molecule has 3 rings (SSSR count). The fourth-order valence-electron chi connectivity index (χ4n) is 2.25. The monoisotopic (exact) mass is 286 g/mol. The Morgan fingerprint density at radius 1 is 1.00 bits per heavy atom. The number of aryl methyl sites for hydroxylation is 1. The van der Waals surface area contributed by atoms with Gasteiger partial charge in [-0.1, -0.05) is 0 Å². The standard InChI is InChI=1S/C16H12F2N2O/c1-20-14-9-12(18)3-2-10(14)8-15(20)16(21)19-13-6-4-11(17)5-7-13/h2-9H,1H3,(H,19,21). The lowest BCUT2D eigenvalue weighted by atomic mass is 10.2. The van der Waals surface area contributed by atoms with Gasteiger partial charge in [0.15, 0.2) is 0 Å². The van der Waals surface area contributed by atoms with Crippen LogP contribution in [-0.4, -0.2) is 10.5 Å². The van der Waals surface area contributed by atoms with Crippen LogP contribution in [0.15, 0.2) is 48.5 Å². The first-order valence-corrected chi connectivity index (χ1v) is 6.36. The summed E-state index contributed by atoms with van der Waals surface area (Å²) < 4.78 is 27.7. The van der Waals surface area contributed by atoms with E-state index in [9.17, 15) is 13.6 Å². The quantitative estimate of drug-likeness (QED) is 0.765. The minimum absolute atomic E-state index is 0.333. The molecule has 0 saturated carbocycles. The summed E-state index contributed by atoms with van der Waals surface area (Å²) in [6.07, 6.45) is 0. The van der Waals surface area contributed by atoms with Crippen molar-refractivity contribution in [1.82, 2.24) is 4.57 Å². The molecule has 106 valence electrons. The number of anilines is 1. The zero-order valence-electron chi connectivity index (χ0n) is 11.2. The van der Waals surface area contributed by atoms with Crippen molar-refractivity contribution in [1.29, 1.82) is 0 Å².